The molecule has 0 fully saturated rings. The van der Waals surface area contributed by atoms with Crippen molar-refractivity contribution in [3.05, 3.63) is 23.8 Å². The Morgan fingerprint density at radius 2 is 1.95 bits per heavy atom. The van der Waals surface area contributed by atoms with E-state index in [4.69, 9.17) is 9.47 Å². The molecule has 2 rings (SSSR count). The Labute approximate surface area is 126 Å². The predicted octanol–water partition coefficient (Wildman–Crippen LogP) is 2.18. The van der Waals surface area contributed by atoms with Gasteiger partial charge < -0.3 is 19.7 Å². The fourth-order valence-electron chi connectivity index (χ4n) is 2.17. The third-order valence-electron chi connectivity index (χ3n) is 3.54. The molecule has 0 saturated heterocycles. The van der Waals surface area contributed by atoms with Crippen molar-refractivity contribution in [1.82, 2.24) is 10.2 Å². The average molecular weight is 292 g/mol. The van der Waals surface area contributed by atoms with Crippen molar-refractivity contribution in [2.24, 2.45) is 5.41 Å². The van der Waals surface area contributed by atoms with E-state index in [9.17, 15) is 4.79 Å². The number of fused-ring (bicyclic) bond motifs is 1. The van der Waals surface area contributed by atoms with E-state index in [0.29, 0.717) is 6.54 Å². The lowest BCUT2D eigenvalue weighted by molar-refractivity contribution is -0.128. The minimum atomic E-state index is -0.383. The van der Waals surface area contributed by atoms with Crippen molar-refractivity contribution in [2.75, 3.05) is 27.4 Å². The lowest BCUT2D eigenvalue weighted by Gasteiger charge is -2.27. The number of nitrogens with zero attached hydrogens (tertiary/aromatic N) is 1. The Kier molecular flexibility index (Phi) is 4.42. The summed E-state index contributed by atoms with van der Waals surface area (Å²) >= 11 is 0. The summed E-state index contributed by atoms with van der Waals surface area (Å²) in [6, 6.07) is 6.00. The highest BCUT2D eigenvalue weighted by Crippen LogP contribution is 2.35. The Hall–Kier alpha value is -1.75. The molecule has 1 aromatic carbocycles. The topological polar surface area (TPSA) is 50.8 Å². The summed E-state index contributed by atoms with van der Waals surface area (Å²) in [5.74, 6) is 1.59. The minimum absolute atomic E-state index is 0.0510. The molecule has 1 aliphatic heterocycles. The minimum Gasteiger partial charge on any atom is -0.454 e. The van der Waals surface area contributed by atoms with Crippen molar-refractivity contribution in [3.8, 4) is 11.5 Å². The van der Waals surface area contributed by atoms with Gasteiger partial charge >= 0.3 is 0 Å². The Balaban J connectivity index is 2.11. The lowest BCUT2D eigenvalue weighted by Crippen LogP contribution is -2.40. The summed E-state index contributed by atoms with van der Waals surface area (Å²) in [6.45, 7) is 6.56. The predicted molar refractivity (Wildman–Crippen MR) is 81.5 cm³/mol. The number of ether oxygens (including phenoxy) is 2. The molecule has 0 spiro atoms. The average Bonchev–Trinajstić information content (AvgIpc) is 2.84. The summed E-state index contributed by atoms with van der Waals surface area (Å²) in [7, 11) is 4.00. The number of nitrogens with one attached hydrogen (secondary N) is 1. The van der Waals surface area contributed by atoms with Gasteiger partial charge in [-0.05, 0) is 31.8 Å². The standard InChI is InChI=1S/C16H24N2O3/c1-16(2,3)15(19)17-9-12(18(4)5)11-6-7-13-14(8-11)21-10-20-13/h6-8,12H,9-10H2,1-5H3,(H,17,19)/t12-/m1/s1. The first-order chi connectivity index (χ1) is 9.79. The van der Waals surface area contributed by atoms with Gasteiger partial charge in [0, 0.05) is 12.0 Å². The van der Waals surface area contributed by atoms with Crippen LogP contribution in [0.25, 0.3) is 0 Å². The largest absolute Gasteiger partial charge is 0.454 e. The molecule has 5 heteroatoms. The van der Waals surface area contributed by atoms with Crippen LogP contribution < -0.4 is 14.8 Å². The Morgan fingerprint density at radius 1 is 1.29 bits per heavy atom. The van der Waals surface area contributed by atoms with Gasteiger partial charge in [-0.1, -0.05) is 26.8 Å². The Morgan fingerprint density at radius 3 is 2.57 bits per heavy atom. The second-order valence-corrected chi connectivity index (χ2v) is 6.55. The number of amides is 1. The molecule has 1 amide bonds. The monoisotopic (exact) mass is 292 g/mol. The molecule has 0 aromatic heterocycles. The number of carbonyl (C=O) groups excluding carboxylic acids is 1. The molecule has 1 heterocycles. The summed E-state index contributed by atoms with van der Waals surface area (Å²) in [5.41, 5.74) is 0.713. The quantitative estimate of drug-likeness (QED) is 0.924. The van der Waals surface area contributed by atoms with Crippen LogP contribution >= 0.6 is 0 Å². The Bertz CT molecular complexity index is 521. The maximum atomic E-state index is 12.0. The van der Waals surface area contributed by atoms with Gasteiger partial charge in [-0.15, -0.1) is 0 Å². The van der Waals surface area contributed by atoms with Crippen LogP contribution in [0.1, 0.15) is 32.4 Å². The van der Waals surface area contributed by atoms with Crippen LogP contribution in [0.15, 0.2) is 18.2 Å². The zero-order valence-electron chi connectivity index (χ0n) is 13.4. The van der Waals surface area contributed by atoms with E-state index in [2.05, 4.69) is 10.2 Å². The fourth-order valence-corrected chi connectivity index (χ4v) is 2.17. The number of carbonyl (C=O) groups is 1. The molecule has 1 aromatic rings. The van der Waals surface area contributed by atoms with Crippen LogP contribution in [-0.4, -0.2) is 38.2 Å². The van der Waals surface area contributed by atoms with Crippen LogP contribution in [0.5, 0.6) is 11.5 Å². The van der Waals surface area contributed by atoms with Crippen molar-refractivity contribution < 1.29 is 14.3 Å². The molecule has 21 heavy (non-hydrogen) atoms. The van der Waals surface area contributed by atoms with Crippen molar-refractivity contribution in [3.63, 3.8) is 0 Å². The number of benzene rings is 1. The highest BCUT2D eigenvalue weighted by atomic mass is 16.7. The number of likely N-dealkylation sites (N-methyl/N-ethyl adjacent to an activating group) is 1. The number of hydrogen-bond acceptors (Lipinski definition) is 4. The van der Waals surface area contributed by atoms with Gasteiger partial charge in [0.1, 0.15) is 0 Å². The van der Waals surface area contributed by atoms with Gasteiger partial charge in [0.15, 0.2) is 11.5 Å². The molecule has 5 nitrogen and oxygen atoms in total. The molecule has 0 bridgehead atoms. The molecule has 1 N–H and O–H groups in total. The molecule has 1 aliphatic rings. The van der Waals surface area contributed by atoms with Crippen molar-refractivity contribution in [1.29, 1.82) is 0 Å². The van der Waals surface area contributed by atoms with Gasteiger partial charge in [0.25, 0.3) is 0 Å². The van der Waals surface area contributed by atoms with Crippen LogP contribution in [-0.2, 0) is 4.79 Å². The smallest absolute Gasteiger partial charge is 0.231 e. The van der Waals surface area contributed by atoms with E-state index in [1.165, 1.54) is 0 Å². The van der Waals surface area contributed by atoms with Gasteiger partial charge in [-0.3, -0.25) is 4.79 Å². The first-order valence-corrected chi connectivity index (χ1v) is 7.13. The van der Waals surface area contributed by atoms with E-state index in [-0.39, 0.29) is 24.2 Å². The van der Waals surface area contributed by atoms with Crippen LogP contribution in [0.2, 0.25) is 0 Å². The van der Waals surface area contributed by atoms with E-state index >= 15 is 0 Å². The zero-order valence-corrected chi connectivity index (χ0v) is 13.4. The van der Waals surface area contributed by atoms with E-state index in [1.54, 1.807) is 0 Å². The molecular weight excluding hydrogens is 268 g/mol. The molecular formula is C16H24N2O3. The maximum Gasteiger partial charge on any atom is 0.231 e. The summed E-state index contributed by atoms with van der Waals surface area (Å²) in [5, 5.41) is 3.02. The maximum absolute atomic E-state index is 12.0. The van der Waals surface area contributed by atoms with Gasteiger partial charge in [-0.25, -0.2) is 0 Å². The second kappa shape index (κ2) is 5.93. The molecule has 0 aliphatic carbocycles. The molecule has 1 atom stereocenters. The number of hydrogen-bond donors (Lipinski definition) is 1. The lowest BCUT2D eigenvalue weighted by atomic mass is 9.95. The van der Waals surface area contributed by atoms with Crippen molar-refractivity contribution in [2.45, 2.75) is 26.8 Å². The highest BCUT2D eigenvalue weighted by molar-refractivity contribution is 5.81. The normalized spacial score (nSPS) is 15.1. The van der Waals surface area contributed by atoms with Crippen LogP contribution in [0, 0.1) is 5.41 Å². The van der Waals surface area contributed by atoms with Crippen molar-refractivity contribution >= 4 is 5.91 Å². The summed E-state index contributed by atoms with van der Waals surface area (Å²) in [4.78, 5) is 14.1. The van der Waals surface area contributed by atoms with E-state index < -0.39 is 0 Å². The first-order valence-electron chi connectivity index (χ1n) is 7.13. The van der Waals surface area contributed by atoms with Gasteiger partial charge in [0.2, 0.25) is 12.7 Å². The molecule has 116 valence electrons. The van der Waals surface area contributed by atoms with Gasteiger partial charge in [-0.2, -0.15) is 0 Å². The first kappa shape index (κ1) is 15.6. The third kappa shape index (κ3) is 3.67. The zero-order chi connectivity index (χ0) is 15.6. The molecule has 0 saturated carbocycles. The third-order valence-corrected chi connectivity index (χ3v) is 3.54. The van der Waals surface area contributed by atoms with E-state index in [0.717, 1.165) is 17.1 Å². The second-order valence-electron chi connectivity index (χ2n) is 6.55. The van der Waals surface area contributed by atoms with Crippen LogP contribution in [0.3, 0.4) is 0 Å². The summed E-state index contributed by atoms with van der Waals surface area (Å²) in [6.07, 6.45) is 0. The SMILES string of the molecule is CN(C)[C@H](CNC(=O)C(C)(C)C)c1ccc2c(c1)OCO2. The fraction of sp³-hybridized carbons (Fsp3) is 0.562. The highest BCUT2D eigenvalue weighted by Gasteiger charge is 2.24. The number of rotatable bonds is 4. The molecule has 0 unspecified atom stereocenters. The van der Waals surface area contributed by atoms with Gasteiger partial charge in [0.05, 0.1) is 6.04 Å². The van der Waals surface area contributed by atoms with E-state index in [1.807, 2.05) is 53.1 Å². The molecule has 0 radical (unpaired) electrons. The summed E-state index contributed by atoms with van der Waals surface area (Å²) < 4.78 is 10.8. The van der Waals surface area contributed by atoms with Crippen LogP contribution in [0.4, 0.5) is 0 Å².